The summed E-state index contributed by atoms with van der Waals surface area (Å²) in [5.41, 5.74) is -1.13. The lowest BCUT2D eigenvalue weighted by Gasteiger charge is -2.61. The Labute approximate surface area is 272 Å². The Hall–Kier alpha value is -4.42. The van der Waals surface area contributed by atoms with E-state index in [0.717, 1.165) is 18.1 Å². The molecule has 0 amide bonds. The van der Waals surface area contributed by atoms with Crippen LogP contribution in [-0.2, 0) is 45.2 Å². The third kappa shape index (κ3) is 5.53. The van der Waals surface area contributed by atoms with Crippen molar-refractivity contribution in [1.29, 1.82) is 0 Å². The quantitative estimate of drug-likeness (QED) is 0.262. The first-order valence-corrected chi connectivity index (χ1v) is 15.7. The van der Waals surface area contributed by atoms with E-state index in [1.54, 1.807) is 63.2 Å². The van der Waals surface area contributed by atoms with Crippen molar-refractivity contribution in [3.63, 3.8) is 0 Å². The molecule has 6 rings (SSSR count). The van der Waals surface area contributed by atoms with Crippen LogP contribution in [0.5, 0.6) is 11.5 Å². The Morgan fingerprint density at radius 2 is 1.74 bits per heavy atom. The molecule has 4 aliphatic rings. The summed E-state index contributed by atoms with van der Waals surface area (Å²) in [7, 11) is 1.97. The minimum atomic E-state index is -1.50. The molecule has 1 spiro atoms. The summed E-state index contributed by atoms with van der Waals surface area (Å²) in [5.74, 6) is -1.96. The van der Waals surface area contributed by atoms with Crippen LogP contribution in [0.2, 0.25) is 0 Å². The van der Waals surface area contributed by atoms with E-state index in [-0.39, 0.29) is 29.7 Å². The maximum atomic E-state index is 13.9. The number of aliphatic hydroxyl groups is 1. The number of hydrogen-bond donors (Lipinski definition) is 1. The predicted octanol–water partition coefficient (Wildman–Crippen LogP) is 4.06. The number of piperidine rings is 1. The number of likely N-dealkylation sites (N-methyl/N-ethyl adjacent to an activating group) is 1. The van der Waals surface area contributed by atoms with Crippen molar-refractivity contribution < 1.29 is 52.7 Å². The Balaban J connectivity index is 1.36. The molecule has 0 aromatic heterocycles. The highest BCUT2D eigenvalue weighted by Gasteiger charge is 2.72. The standard InChI is InChI=1S/C35H39NO11/c1-19(42-20(2)37)30(38)46-27(21-10-8-7-9-11-21)31(39)43-24-14-15-35(41)25-18-22-12-13-23(44-32(40)47-33(3,4)5)28-26(22)34(35,29(24)45-28)16-17-36(25)6/h7-14,19,25,27,29,41H,15-18H2,1-6H3/t19-,25-,27-,29-,34-,35+/m0/s1. The van der Waals surface area contributed by atoms with Gasteiger partial charge in [0, 0.05) is 30.5 Å². The van der Waals surface area contributed by atoms with E-state index in [0.29, 0.717) is 24.9 Å². The summed E-state index contributed by atoms with van der Waals surface area (Å²) >= 11 is 0. The lowest BCUT2D eigenvalue weighted by molar-refractivity contribution is -0.181. The third-order valence-electron chi connectivity index (χ3n) is 9.36. The van der Waals surface area contributed by atoms with Crippen molar-refractivity contribution in [3.05, 3.63) is 71.0 Å². The fraction of sp³-hybridized carbons (Fsp3) is 0.486. The zero-order valence-corrected chi connectivity index (χ0v) is 27.2. The van der Waals surface area contributed by atoms with E-state index in [1.807, 2.05) is 13.1 Å². The molecule has 1 N–H and O–H groups in total. The highest BCUT2D eigenvalue weighted by atomic mass is 16.7. The van der Waals surface area contributed by atoms with E-state index in [9.17, 15) is 24.3 Å². The monoisotopic (exact) mass is 649 g/mol. The van der Waals surface area contributed by atoms with Gasteiger partial charge in [0.25, 0.3) is 0 Å². The van der Waals surface area contributed by atoms with Gasteiger partial charge in [0.15, 0.2) is 23.7 Å². The second-order valence-corrected chi connectivity index (χ2v) is 13.5. The van der Waals surface area contributed by atoms with Crippen molar-refractivity contribution in [3.8, 4) is 11.5 Å². The Bertz CT molecular complexity index is 1650. The van der Waals surface area contributed by atoms with Gasteiger partial charge < -0.3 is 38.4 Å². The van der Waals surface area contributed by atoms with Gasteiger partial charge in [-0.05, 0) is 71.8 Å². The molecule has 0 unspecified atom stereocenters. The van der Waals surface area contributed by atoms with Crippen LogP contribution in [0.1, 0.15) is 70.3 Å². The van der Waals surface area contributed by atoms with Gasteiger partial charge in [0.1, 0.15) is 11.4 Å². The molecule has 2 aliphatic heterocycles. The number of benzene rings is 2. The smallest absolute Gasteiger partial charge is 0.477 e. The van der Waals surface area contributed by atoms with Crippen LogP contribution in [0.25, 0.3) is 0 Å². The average molecular weight is 650 g/mol. The normalized spacial score (nSPS) is 26.8. The number of esters is 3. The van der Waals surface area contributed by atoms with Crippen molar-refractivity contribution in [2.24, 2.45) is 0 Å². The lowest BCUT2D eigenvalue weighted by atomic mass is 9.50. The van der Waals surface area contributed by atoms with E-state index in [2.05, 4.69) is 4.90 Å². The number of likely N-dealkylation sites (tertiary alicyclic amines) is 1. The first-order valence-electron chi connectivity index (χ1n) is 15.7. The van der Waals surface area contributed by atoms with Crippen molar-refractivity contribution in [2.45, 2.75) is 94.9 Å². The molecular formula is C35H39NO11. The third-order valence-corrected chi connectivity index (χ3v) is 9.36. The second kappa shape index (κ2) is 11.7. The van der Waals surface area contributed by atoms with Crippen LogP contribution in [0, 0.1) is 0 Å². The van der Waals surface area contributed by atoms with Gasteiger partial charge >= 0.3 is 24.1 Å². The molecule has 250 valence electrons. The van der Waals surface area contributed by atoms with Gasteiger partial charge in [-0.3, -0.25) is 4.79 Å². The molecule has 2 bridgehead atoms. The molecule has 2 aromatic carbocycles. The second-order valence-electron chi connectivity index (χ2n) is 13.5. The Kier molecular flexibility index (Phi) is 8.08. The summed E-state index contributed by atoms with van der Waals surface area (Å²) in [6.07, 6.45) is -1.84. The number of rotatable bonds is 7. The molecule has 0 saturated carbocycles. The van der Waals surface area contributed by atoms with Crippen LogP contribution >= 0.6 is 0 Å². The molecule has 2 aromatic rings. The predicted molar refractivity (Wildman–Crippen MR) is 164 cm³/mol. The summed E-state index contributed by atoms with van der Waals surface area (Å²) in [4.78, 5) is 53.1. The Morgan fingerprint density at radius 1 is 1.02 bits per heavy atom. The molecule has 12 nitrogen and oxygen atoms in total. The zero-order valence-electron chi connectivity index (χ0n) is 27.2. The maximum absolute atomic E-state index is 13.9. The van der Waals surface area contributed by atoms with Crippen molar-refractivity contribution in [2.75, 3.05) is 13.6 Å². The van der Waals surface area contributed by atoms with Gasteiger partial charge in [-0.2, -0.15) is 0 Å². The number of carbonyl (C=O) groups excluding carboxylic acids is 4. The molecule has 2 aliphatic carbocycles. The summed E-state index contributed by atoms with van der Waals surface area (Å²) < 4.78 is 34.2. The van der Waals surface area contributed by atoms with Gasteiger partial charge in [0.05, 0.1) is 11.0 Å². The number of ether oxygens (including phenoxy) is 6. The fourth-order valence-electron chi connectivity index (χ4n) is 7.43. The molecule has 2 heterocycles. The highest BCUT2D eigenvalue weighted by Crippen LogP contribution is 2.65. The highest BCUT2D eigenvalue weighted by molar-refractivity contribution is 5.84. The largest absolute Gasteiger partial charge is 0.514 e. The van der Waals surface area contributed by atoms with Crippen LogP contribution in [0.3, 0.4) is 0 Å². The average Bonchev–Trinajstić information content (AvgIpc) is 3.35. The topological polar surface area (TPSA) is 147 Å². The molecule has 1 saturated heterocycles. The summed E-state index contributed by atoms with van der Waals surface area (Å²) in [6.45, 7) is 8.32. The van der Waals surface area contributed by atoms with E-state index >= 15 is 0 Å². The van der Waals surface area contributed by atoms with E-state index < -0.39 is 59.0 Å². The van der Waals surface area contributed by atoms with Gasteiger partial charge in [-0.15, -0.1) is 0 Å². The SMILES string of the molecule is CC(=O)O[C@@H](C)C(=O)O[C@H](C(=O)OC1=CC[C@@]2(O)[C@@H]3Cc4ccc(OC(=O)OC(C)(C)C)c5c4[C@@]2(CCN3C)[C@H]1O5)c1ccccc1. The molecule has 6 atom stereocenters. The Morgan fingerprint density at radius 3 is 2.43 bits per heavy atom. The molecule has 0 radical (unpaired) electrons. The lowest BCUT2D eigenvalue weighted by Crippen LogP contribution is -2.74. The van der Waals surface area contributed by atoms with Crippen LogP contribution < -0.4 is 9.47 Å². The van der Waals surface area contributed by atoms with Crippen molar-refractivity contribution >= 4 is 24.1 Å². The maximum Gasteiger partial charge on any atom is 0.514 e. The minimum Gasteiger partial charge on any atom is -0.477 e. The molecule has 12 heteroatoms. The minimum absolute atomic E-state index is 0.128. The van der Waals surface area contributed by atoms with Crippen LogP contribution in [0.4, 0.5) is 4.79 Å². The summed E-state index contributed by atoms with van der Waals surface area (Å²) in [5, 5.41) is 12.5. The van der Waals surface area contributed by atoms with Gasteiger partial charge in [0.2, 0.25) is 6.10 Å². The first-order chi connectivity index (χ1) is 22.1. The zero-order chi connectivity index (χ0) is 33.9. The summed E-state index contributed by atoms with van der Waals surface area (Å²) in [6, 6.07) is 11.6. The van der Waals surface area contributed by atoms with E-state index in [4.69, 9.17) is 28.4 Å². The van der Waals surface area contributed by atoms with Crippen molar-refractivity contribution in [1.82, 2.24) is 4.90 Å². The molecule has 1 fully saturated rings. The fourth-order valence-corrected chi connectivity index (χ4v) is 7.43. The van der Waals surface area contributed by atoms with Crippen LogP contribution in [0.15, 0.2) is 54.3 Å². The van der Waals surface area contributed by atoms with Gasteiger partial charge in [-0.1, -0.05) is 36.4 Å². The number of nitrogens with zero attached hydrogens (tertiary/aromatic N) is 1. The van der Waals surface area contributed by atoms with Gasteiger partial charge in [-0.25, -0.2) is 14.4 Å². The molecular weight excluding hydrogens is 610 g/mol. The number of hydrogen-bond acceptors (Lipinski definition) is 12. The van der Waals surface area contributed by atoms with Crippen LogP contribution in [-0.4, -0.2) is 77.1 Å². The first kappa shape index (κ1) is 32.5. The van der Waals surface area contributed by atoms with E-state index in [1.165, 1.54) is 6.92 Å². The number of carbonyl (C=O) groups is 4. The molecule has 47 heavy (non-hydrogen) atoms.